The topological polar surface area (TPSA) is 112 Å². The Morgan fingerprint density at radius 3 is 2.59 bits per heavy atom. The second-order valence-corrected chi connectivity index (χ2v) is 7.23. The lowest BCUT2D eigenvalue weighted by Crippen LogP contribution is -2.42. The molecule has 7 nitrogen and oxygen atoms in total. The summed E-state index contributed by atoms with van der Waals surface area (Å²) < 4.78 is 5.07. The van der Waals surface area contributed by atoms with Crippen LogP contribution < -0.4 is 10.6 Å². The Kier molecular flexibility index (Phi) is 6.45. The molecule has 2 amide bonds. The van der Waals surface area contributed by atoms with E-state index in [9.17, 15) is 19.6 Å². The molecule has 0 aliphatic heterocycles. The molecular formula is C22H23N3O4. The maximum Gasteiger partial charge on any atom is 0.291 e. The summed E-state index contributed by atoms with van der Waals surface area (Å²) in [6.07, 6.45) is 6.34. The Morgan fingerprint density at radius 1 is 1.17 bits per heavy atom. The molecule has 1 aromatic carbocycles. The number of carbonyl (C=O) groups is 3. The molecule has 2 N–H and O–H groups in total. The number of furan rings is 1. The van der Waals surface area contributed by atoms with E-state index in [0.29, 0.717) is 5.69 Å². The van der Waals surface area contributed by atoms with Crippen molar-refractivity contribution in [2.75, 3.05) is 5.32 Å². The van der Waals surface area contributed by atoms with Crippen LogP contribution in [0, 0.1) is 24.2 Å². The van der Waals surface area contributed by atoms with Gasteiger partial charge >= 0.3 is 0 Å². The number of carbonyl (C=O) groups excluding carboxylic acids is 3. The number of nitriles is 1. The van der Waals surface area contributed by atoms with Gasteiger partial charge in [-0.05, 0) is 43.5 Å². The van der Waals surface area contributed by atoms with E-state index in [1.54, 1.807) is 25.1 Å². The fourth-order valence-corrected chi connectivity index (χ4v) is 3.44. The van der Waals surface area contributed by atoms with Crippen molar-refractivity contribution in [3.05, 3.63) is 53.5 Å². The third kappa shape index (κ3) is 4.91. The molecule has 1 heterocycles. The smallest absolute Gasteiger partial charge is 0.291 e. The minimum absolute atomic E-state index is 0.0149. The van der Waals surface area contributed by atoms with Crippen molar-refractivity contribution in [3.63, 3.8) is 0 Å². The number of nitrogens with zero attached hydrogens (tertiary/aromatic N) is 1. The Balaban J connectivity index is 1.74. The number of Topliss-reactive ketones (excluding diaryl/α,β-unsaturated/α-hetero) is 1. The molecule has 1 saturated carbocycles. The predicted molar refractivity (Wildman–Crippen MR) is 106 cm³/mol. The number of hydrogen-bond donors (Lipinski definition) is 2. The van der Waals surface area contributed by atoms with E-state index < -0.39 is 23.5 Å². The number of benzene rings is 1. The Labute approximate surface area is 169 Å². The summed E-state index contributed by atoms with van der Waals surface area (Å²) in [7, 11) is 0. The van der Waals surface area contributed by atoms with Gasteiger partial charge < -0.3 is 15.1 Å². The quantitative estimate of drug-likeness (QED) is 0.575. The van der Waals surface area contributed by atoms with Gasteiger partial charge in [-0.3, -0.25) is 14.4 Å². The highest BCUT2D eigenvalue weighted by Gasteiger charge is 2.30. The van der Waals surface area contributed by atoms with Crippen LogP contribution in [0.2, 0.25) is 0 Å². The van der Waals surface area contributed by atoms with E-state index in [1.165, 1.54) is 18.4 Å². The SMILES string of the molecule is Cc1ccc(C(=O)C(C#N)C(=O)NC2CCCCC2)cc1NC(=O)c1ccco1. The second-order valence-electron chi connectivity index (χ2n) is 7.23. The number of aryl methyl sites for hydroxylation is 1. The third-order valence-electron chi connectivity index (χ3n) is 5.12. The minimum Gasteiger partial charge on any atom is -0.459 e. The first kappa shape index (κ1) is 20.3. The van der Waals surface area contributed by atoms with Crippen molar-refractivity contribution in [2.45, 2.75) is 45.1 Å². The zero-order valence-corrected chi connectivity index (χ0v) is 16.2. The van der Waals surface area contributed by atoms with E-state index in [4.69, 9.17) is 4.42 Å². The zero-order chi connectivity index (χ0) is 20.8. The molecule has 0 saturated heterocycles. The fraction of sp³-hybridized carbons (Fsp3) is 0.364. The van der Waals surface area contributed by atoms with Crippen molar-refractivity contribution in [1.82, 2.24) is 5.32 Å². The number of ketones is 1. The number of anilines is 1. The first-order valence-electron chi connectivity index (χ1n) is 9.69. The van der Waals surface area contributed by atoms with Crippen molar-refractivity contribution in [3.8, 4) is 6.07 Å². The summed E-state index contributed by atoms with van der Waals surface area (Å²) in [5, 5.41) is 15.0. The fourth-order valence-electron chi connectivity index (χ4n) is 3.44. The van der Waals surface area contributed by atoms with Gasteiger partial charge in [-0.15, -0.1) is 0 Å². The molecule has 1 aromatic heterocycles. The van der Waals surface area contributed by atoms with E-state index >= 15 is 0 Å². The van der Waals surface area contributed by atoms with E-state index in [1.807, 2.05) is 6.07 Å². The maximum atomic E-state index is 12.8. The molecule has 0 bridgehead atoms. The van der Waals surface area contributed by atoms with Crippen LogP contribution >= 0.6 is 0 Å². The van der Waals surface area contributed by atoms with Gasteiger partial charge in [-0.2, -0.15) is 5.26 Å². The molecule has 3 rings (SSSR count). The van der Waals surface area contributed by atoms with Gasteiger partial charge in [0.1, 0.15) is 0 Å². The molecule has 0 spiro atoms. The maximum absolute atomic E-state index is 12.8. The lowest BCUT2D eigenvalue weighted by Gasteiger charge is -2.23. The normalized spacial score (nSPS) is 15.2. The lowest BCUT2D eigenvalue weighted by atomic mass is 9.93. The van der Waals surface area contributed by atoms with Gasteiger partial charge in [-0.1, -0.05) is 31.4 Å². The summed E-state index contributed by atoms with van der Waals surface area (Å²) in [6.45, 7) is 1.78. The molecule has 1 aliphatic rings. The van der Waals surface area contributed by atoms with Crippen molar-refractivity contribution < 1.29 is 18.8 Å². The van der Waals surface area contributed by atoms with Crippen LogP contribution in [-0.4, -0.2) is 23.6 Å². The lowest BCUT2D eigenvalue weighted by molar-refractivity contribution is -0.123. The van der Waals surface area contributed by atoms with Gasteiger partial charge in [0.15, 0.2) is 17.5 Å². The molecule has 1 unspecified atom stereocenters. The summed E-state index contributed by atoms with van der Waals surface area (Å²) >= 11 is 0. The molecule has 7 heteroatoms. The number of rotatable bonds is 6. The van der Waals surface area contributed by atoms with Gasteiger partial charge in [-0.25, -0.2) is 0 Å². The molecule has 150 valence electrons. The number of amides is 2. The molecule has 1 aliphatic carbocycles. The zero-order valence-electron chi connectivity index (χ0n) is 16.2. The number of nitrogens with one attached hydrogen (secondary N) is 2. The minimum atomic E-state index is -1.42. The highest BCUT2D eigenvalue weighted by Crippen LogP contribution is 2.22. The van der Waals surface area contributed by atoms with Gasteiger partial charge in [0.2, 0.25) is 5.91 Å². The average molecular weight is 393 g/mol. The first-order valence-corrected chi connectivity index (χ1v) is 9.69. The van der Waals surface area contributed by atoms with Gasteiger partial charge in [0.05, 0.1) is 12.3 Å². The Morgan fingerprint density at radius 2 is 1.93 bits per heavy atom. The van der Waals surface area contributed by atoms with Crippen LogP contribution in [-0.2, 0) is 4.79 Å². The molecule has 2 aromatic rings. The van der Waals surface area contributed by atoms with Crippen molar-refractivity contribution in [2.24, 2.45) is 5.92 Å². The summed E-state index contributed by atoms with van der Waals surface area (Å²) in [5.41, 5.74) is 1.35. The molecule has 0 radical (unpaired) electrons. The molecule has 1 fully saturated rings. The van der Waals surface area contributed by atoms with Gasteiger partial charge in [0.25, 0.3) is 5.91 Å². The molecule has 29 heavy (non-hydrogen) atoms. The van der Waals surface area contributed by atoms with Gasteiger partial charge in [0, 0.05) is 17.3 Å². The van der Waals surface area contributed by atoms with Crippen LogP contribution in [0.1, 0.15) is 58.6 Å². The summed E-state index contributed by atoms with van der Waals surface area (Å²) in [4.78, 5) is 37.6. The van der Waals surface area contributed by atoms with E-state index in [-0.39, 0.29) is 17.4 Å². The van der Waals surface area contributed by atoms with Crippen LogP contribution in [0.3, 0.4) is 0 Å². The van der Waals surface area contributed by atoms with Crippen molar-refractivity contribution in [1.29, 1.82) is 5.26 Å². The molecule has 1 atom stereocenters. The molecular weight excluding hydrogens is 370 g/mol. The predicted octanol–water partition coefficient (Wildman–Crippen LogP) is 3.61. The largest absolute Gasteiger partial charge is 0.459 e. The number of hydrogen-bond acceptors (Lipinski definition) is 5. The van der Waals surface area contributed by atoms with Crippen molar-refractivity contribution >= 4 is 23.3 Å². The Hall–Kier alpha value is -3.40. The highest BCUT2D eigenvalue weighted by molar-refractivity contribution is 6.13. The standard InChI is InChI=1S/C22H23N3O4/c1-14-9-10-15(12-18(14)25-22(28)19-8-5-11-29-19)20(26)17(13-23)21(27)24-16-6-3-2-4-7-16/h5,8-12,16-17H,2-4,6-7H2,1H3,(H,24,27)(H,25,28). The monoisotopic (exact) mass is 393 g/mol. The van der Waals surface area contributed by atoms with E-state index in [2.05, 4.69) is 10.6 Å². The second kappa shape index (κ2) is 9.20. The van der Waals surface area contributed by atoms with E-state index in [0.717, 1.165) is 37.7 Å². The summed E-state index contributed by atoms with van der Waals surface area (Å²) in [6, 6.07) is 9.67. The highest BCUT2D eigenvalue weighted by atomic mass is 16.3. The first-order chi connectivity index (χ1) is 14.0. The van der Waals surface area contributed by atoms with Crippen LogP contribution in [0.5, 0.6) is 0 Å². The average Bonchev–Trinajstić information content (AvgIpc) is 3.26. The van der Waals surface area contributed by atoms with Crippen LogP contribution in [0.4, 0.5) is 5.69 Å². The van der Waals surface area contributed by atoms with Crippen LogP contribution in [0.15, 0.2) is 41.0 Å². The van der Waals surface area contributed by atoms with Crippen LogP contribution in [0.25, 0.3) is 0 Å². The summed E-state index contributed by atoms with van der Waals surface area (Å²) in [5.74, 6) is -2.88. The Bertz CT molecular complexity index is 937. The third-order valence-corrected chi connectivity index (χ3v) is 5.12.